The van der Waals surface area contributed by atoms with E-state index in [4.69, 9.17) is 11.6 Å². The Hall–Kier alpha value is -2.33. The van der Waals surface area contributed by atoms with E-state index < -0.39 is 6.04 Å². The van der Waals surface area contributed by atoms with Gasteiger partial charge in [-0.25, -0.2) is 0 Å². The molecule has 1 N–H and O–H groups in total. The Bertz CT molecular complexity index is 846. The van der Waals surface area contributed by atoms with Crippen molar-refractivity contribution in [3.63, 3.8) is 0 Å². The molecule has 2 aromatic rings. The number of halogens is 1. The molecular formula is C24H31ClN2O2. The van der Waals surface area contributed by atoms with E-state index in [0.29, 0.717) is 24.0 Å². The van der Waals surface area contributed by atoms with Gasteiger partial charge in [0.25, 0.3) is 0 Å². The number of rotatable bonds is 8. The molecule has 0 saturated carbocycles. The summed E-state index contributed by atoms with van der Waals surface area (Å²) in [7, 11) is 0. The quantitative estimate of drug-likeness (QED) is 0.681. The van der Waals surface area contributed by atoms with Crippen LogP contribution in [0.25, 0.3) is 0 Å². The highest BCUT2D eigenvalue weighted by Gasteiger charge is 2.26. The highest BCUT2D eigenvalue weighted by atomic mass is 35.5. The number of hydrogen-bond acceptors (Lipinski definition) is 2. The van der Waals surface area contributed by atoms with Crippen LogP contribution in [-0.4, -0.2) is 29.3 Å². The van der Waals surface area contributed by atoms with E-state index in [9.17, 15) is 9.59 Å². The van der Waals surface area contributed by atoms with Gasteiger partial charge in [0.2, 0.25) is 11.8 Å². The van der Waals surface area contributed by atoms with Crippen LogP contribution in [0.5, 0.6) is 0 Å². The van der Waals surface area contributed by atoms with Crippen LogP contribution in [0.15, 0.2) is 42.5 Å². The molecule has 2 rings (SSSR count). The minimum absolute atomic E-state index is 0.0737. The van der Waals surface area contributed by atoms with Gasteiger partial charge in [0, 0.05) is 18.1 Å². The van der Waals surface area contributed by atoms with Gasteiger partial charge in [0.05, 0.1) is 6.42 Å². The maximum Gasteiger partial charge on any atom is 0.242 e. The molecule has 0 spiro atoms. The second kappa shape index (κ2) is 10.4. The minimum atomic E-state index is -0.566. The predicted octanol–water partition coefficient (Wildman–Crippen LogP) is 4.69. The summed E-state index contributed by atoms with van der Waals surface area (Å²) in [5, 5.41) is 3.58. The van der Waals surface area contributed by atoms with E-state index in [1.807, 2.05) is 51.1 Å². The number of aryl methyl sites for hydroxylation is 2. The van der Waals surface area contributed by atoms with Gasteiger partial charge in [-0.3, -0.25) is 9.59 Å². The van der Waals surface area contributed by atoms with Crippen LogP contribution in [0.3, 0.4) is 0 Å². The molecule has 0 unspecified atom stereocenters. The predicted molar refractivity (Wildman–Crippen MR) is 119 cm³/mol. The van der Waals surface area contributed by atoms with Gasteiger partial charge in [-0.15, -0.1) is 0 Å². The van der Waals surface area contributed by atoms with Crippen molar-refractivity contribution < 1.29 is 9.59 Å². The van der Waals surface area contributed by atoms with Gasteiger partial charge in [-0.05, 0) is 61.1 Å². The van der Waals surface area contributed by atoms with Crippen molar-refractivity contribution >= 4 is 23.4 Å². The minimum Gasteiger partial charge on any atom is -0.354 e. The molecule has 0 aromatic heterocycles. The first-order valence-electron chi connectivity index (χ1n) is 10.0. The molecule has 5 heteroatoms. The van der Waals surface area contributed by atoms with Gasteiger partial charge in [0.1, 0.15) is 6.04 Å². The summed E-state index contributed by atoms with van der Waals surface area (Å²) < 4.78 is 0. The van der Waals surface area contributed by atoms with Gasteiger partial charge >= 0.3 is 0 Å². The second-order valence-corrected chi connectivity index (χ2v) is 8.49. The molecular weight excluding hydrogens is 384 g/mol. The lowest BCUT2D eigenvalue weighted by Gasteiger charge is -2.29. The van der Waals surface area contributed by atoms with Gasteiger partial charge < -0.3 is 10.2 Å². The number of carbonyl (C=O) groups is 2. The Balaban J connectivity index is 2.21. The summed E-state index contributed by atoms with van der Waals surface area (Å²) in [6, 6.07) is 12.8. The summed E-state index contributed by atoms with van der Waals surface area (Å²) in [6.45, 7) is 10.9. The van der Waals surface area contributed by atoms with Crippen LogP contribution in [0, 0.1) is 19.8 Å². The standard InChI is InChI=1S/C24H31ClN2O2/c1-16(2)14-26-24(29)19(5)27(15-20-8-10-22(25)11-9-20)23(28)13-21-7-6-17(3)18(4)12-21/h6-12,16,19H,13-15H2,1-5H3,(H,26,29)/t19-/m0/s1. The molecule has 2 amide bonds. The van der Waals surface area contributed by atoms with Crippen molar-refractivity contribution in [2.45, 2.75) is 53.6 Å². The zero-order valence-corrected chi connectivity index (χ0v) is 18.7. The first-order chi connectivity index (χ1) is 13.7. The van der Waals surface area contributed by atoms with Crippen LogP contribution >= 0.6 is 11.6 Å². The van der Waals surface area contributed by atoms with E-state index in [0.717, 1.165) is 16.7 Å². The van der Waals surface area contributed by atoms with Crippen molar-refractivity contribution in [1.82, 2.24) is 10.2 Å². The van der Waals surface area contributed by atoms with E-state index in [2.05, 4.69) is 12.2 Å². The average Bonchev–Trinajstić information content (AvgIpc) is 2.67. The van der Waals surface area contributed by atoms with Crippen molar-refractivity contribution in [1.29, 1.82) is 0 Å². The maximum atomic E-state index is 13.2. The van der Waals surface area contributed by atoms with Crippen molar-refractivity contribution in [2.75, 3.05) is 6.54 Å². The van der Waals surface area contributed by atoms with Crippen LogP contribution < -0.4 is 5.32 Å². The fourth-order valence-corrected chi connectivity index (χ4v) is 3.14. The Kier molecular flexibility index (Phi) is 8.27. The Labute approximate surface area is 179 Å². The largest absolute Gasteiger partial charge is 0.354 e. The number of nitrogens with zero attached hydrogens (tertiary/aromatic N) is 1. The smallest absolute Gasteiger partial charge is 0.242 e. The van der Waals surface area contributed by atoms with Gasteiger partial charge in [-0.2, -0.15) is 0 Å². The molecule has 0 bridgehead atoms. The summed E-state index contributed by atoms with van der Waals surface area (Å²) >= 11 is 5.98. The molecule has 4 nitrogen and oxygen atoms in total. The lowest BCUT2D eigenvalue weighted by molar-refractivity contribution is -0.140. The molecule has 156 valence electrons. The topological polar surface area (TPSA) is 49.4 Å². The number of carbonyl (C=O) groups excluding carboxylic acids is 2. The third kappa shape index (κ3) is 6.90. The lowest BCUT2D eigenvalue weighted by atomic mass is 10.0. The van der Waals surface area contributed by atoms with Crippen LogP contribution in [0.2, 0.25) is 5.02 Å². The maximum absolute atomic E-state index is 13.2. The van der Waals surface area contributed by atoms with Crippen molar-refractivity contribution in [3.8, 4) is 0 Å². The summed E-state index contributed by atoms with van der Waals surface area (Å²) in [5.41, 5.74) is 4.24. The zero-order chi connectivity index (χ0) is 21.6. The molecule has 0 aliphatic heterocycles. The van der Waals surface area contributed by atoms with Gasteiger partial charge in [-0.1, -0.05) is 55.8 Å². The first-order valence-corrected chi connectivity index (χ1v) is 10.4. The Morgan fingerprint density at radius 1 is 0.966 bits per heavy atom. The fraction of sp³-hybridized carbons (Fsp3) is 0.417. The Morgan fingerprint density at radius 2 is 1.59 bits per heavy atom. The van der Waals surface area contributed by atoms with E-state index >= 15 is 0 Å². The lowest BCUT2D eigenvalue weighted by Crippen LogP contribution is -2.48. The SMILES string of the molecule is Cc1ccc(CC(=O)N(Cc2ccc(Cl)cc2)[C@@H](C)C(=O)NCC(C)C)cc1C. The fourth-order valence-electron chi connectivity index (χ4n) is 3.01. The molecule has 0 saturated heterocycles. The molecule has 2 aromatic carbocycles. The number of benzene rings is 2. The molecule has 29 heavy (non-hydrogen) atoms. The molecule has 0 fully saturated rings. The molecule has 0 aliphatic carbocycles. The first kappa shape index (κ1) is 23.0. The second-order valence-electron chi connectivity index (χ2n) is 8.06. The average molecular weight is 415 g/mol. The number of nitrogens with one attached hydrogen (secondary N) is 1. The number of hydrogen-bond donors (Lipinski definition) is 1. The summed E-state index contributed by atoms with van der Waals surface area (Å²) in [5.74, 6) is 0.138. The zero-order valence-electron chi connectivity index (χ0n) is 18.0. The van der Waals surface area contributed by atoms with Crippen LogP contribution in [0.1, 0.15) is 43.0 Å². The molecule has 0 aliphatic rings. The molecule has 0 radical (unpaired) electrons. The number of amides is 2. The normalized spacial score (nSPS) is 12.0. The highest BCUT2D eigenvalue weighted by Crippen LogP contribution is 2.16. The highest BCUT2D eigenvalue weighted by molar-refractivity contribution is 6.30. The monoisotopic (exact) mass is 414 g/mol. The van der Waals surface area contributed by atoms with E-state index in [1.54, 1.807) is 24.0 Å². The molecule has 1 atom stereocenters. The van der Waals surface area contributed by atoms with Crippen LogP contribution in [0.4, 0.5) is 0 Å². The van der Waals surface area contributed by atoms with E-state index in [1.165, 1.54) is 5.56 Å². The summed E-state index contributed by atoms with van der Waals surface area (Å²) in [4.78, 5) is 27.5. The van der Waals surface area contributed by atoms with Crippen LogP contribution in [-0.2, 0) is 22.6 Å². The third-order valence-corrected chi connectivity index (χ3v) is 5.30. The van der Waals surface area contributed by atoms with E-state index in [-0.39, 0.29) is 18.2 Å². The van der Waals surface area contributed by atoms with Crippen molar-refractivity contribution in [2.24, 2.45) is 5.92 Å². The third-order valence-electron chi connectivity index (χ3n) is 5.04. The molecule has 0 heterocycles. The van der Waals surface area contributed by atoms with Crippen molar-refractivity contribution in [3.05, 3.63) is 69.7 Å². The summed E-state index contributed by atoms with van der Waals surface area (Å²) in [6.07, 6.45) is 0.260. The van der Waals surface area contributed by atoms with Gasteiger partial charge in [0.15, 0.2) is 0 Å². The Morgan fingerprint density at radius 3 is 2.17 bits per heavy atom.